The van der Waals surface area contributed by atoms with Gasteiger partial charge in [-0.25, -0.2) is 13.6 Å². The molecule has 0 aliphatic carbocycles. The molecule has 0 heterocycles. The molecule has 1 aromatic carbocycles. The number of carbonyl (C=O) groups is 2. The zero-order chi connectivity index (χ0) is 14.4. The highest BCUT2D eigenvalue weighted by atomic mass is 79.9. The lowest BCUT2D eigenvalue weighted by Gasteiger charge is -2.09. The Balaban J connectivity index is 2.51. The molecule has 0 aliphatic heterocycles. The second kappa shape index (κ2) is 7.03. The Bertz CT molecular complexity index is 474. The monoisotopic (exact) mass is 336 g/mol. The average molecular weight is 337 g/mol. The molecule has 8 heteroatoms. The van der Waals surface area contributed by atoms with Gasteiger partial charge in [0.2, 0.25) is 0 Å². The minimum atomic E-state index is -0.963. The van der Waals surface area contributed by atoms with Gasteiger partial charge in [0.15, 0.2) is 5.82 Å². The third-order valence-corrected chi connectivity index (χ3v) is 2.72. The Hall–Kier alpha value is -1.70. The molecule has 0 saturated carbocycles. The van der Waals surface area contributed by atoms with Gasteiger partial charge in [-0.15, -0.1) is 0 Å². The molecule has 2 amide bonds. The number of carboxylic acid groups (broad SMARTS) is 1. The Morgan fingerprint density at radius 1 is 1.32 bits per heavy atom. The van der Waals surface area contributed by atoms with Gasteiger partial charge >= 0.3 is 12.0 Å². The van der Waals surface area contributed by atoms with Gasteiger partial charge in [-0.2, -0.15) is 0 Å². The number of nitrogens with one attached hydrogen (secondary N) is 2. The Morgan fingerprint density at radius 2 is 2.00 bits per heavy atom. The maximum Gasteiger partial charge on any atom is 0.319 e. The summed E-state index contributed by atoms with van der Waals surface area (Å²) in [7, 11) is 0. The first-order chi connectivity index (χ1) is 8.90. The first kappa shape index (κ1) is 15.4. The van der Waals surface area contributed by atoms with Gasteiger partial charge < -0.3 is 15.7 Å². The van der Waals surface area contributed by atoms with Crippen molar-refractivity contribution in [3.63, 3.8) is 0 Å². The highest BCUT2D eigenvalue weighted by Crippen LogP contribution is 2.26. The molecule has 19 heavy (non-hydrogen) atoms. The van der Waals surface area contributed by atoms with E-state index < -0.39 is 23.6 Å². The average Bonchev–Trinajstić information content (AvgIpc) is 2.29. The van der Waals surface area contributed by atoms with Crippen molar-refractivity contribution >= 4 is 33.6 Å². The van der Waals surface area contributed by atoms with E-state index in [1.165, 1.54) is 0 Å². The smallest absolute Gasteiger partial charge is 0.319 e. The molecule has 1 rings (SSSR count). The standard InChI is InChI=1S/C11H11BrF2N2O3/c12-7-4-6(13)5-8(14)10(7)16-11(19)15-3-1-2-9(17)18/h4-5H,1-3H2,(H,17,18)(H2,15,16,19). The lowest BCUT2D eigenvalue weighted by Crippen LogP contribution is -2.30. The summed E-state index contributed by atoms with van der Waals surface area (Å²) in [5.74, 6) is -2.64. The number of rotatable bonds is 5. The molecule has 0 aromatic heterocycles. The predicted molar refractivity (Wildman–Crippen MR) is 67.9 cm³/mol. The number of carboxylic acids is 1. The minimum absolute atomic E-state index is 0.0745. The van der Waals surface area contributed by atoms with E-state index in [1.807, 2.05) is 0 Å². The topological polar surface area (TPSA) is 78.4 Å². The number of amides is 2. The fourth-order valence-corrected chi connectivity index (χ4v) is 1.77. The van der Waals surface area contributed by atoms with Crippen LogP contribution in [0.15, 0.2) is 16.6 Å². The van der Waals surface area contributed by atoms with Crippen LogP contribution in [0.25, 0.3) is 0 Å². The number of benzene rings is 1. The zero-order valence-electron chi connectivity index (χ0n) is 9.67. The molecular formula is C11H11BrF2N2O3. The van der Waals surface area contributed by atoms with Crippen LogP contribution in [0, 0.1) is 11.6 Å². The van der Waals surface area contributed by atoms with Crippen molar-refractivity contribution in [3.05, 3.63) is 28.2 Å². The van der Waals surface area contributed by atoms with Crippen LogP contribution in [0.5, 0.6) is 0 Å². The van der Waals surface area contributed by atoms with Crippen LogP contribution in [-0.4, -0.2) is 23.7 Å². The van der Waals surface area contributed by atoms with Crippen LogP contribution in [0.4, 0.5) is 19.3 Å². The molecule has 1 aromatic rings. The van der Waals surface area contributed by atoms with Gasteiger partial charge in [0.1, 0.15) is 5.82 Å². The predicted octanol–water partition coefficient (Wildman–Crippen LogP) is 2.71. The van der Waals surface area contributed by atoms with Crippen LogP contribution in [0.3, 0.4) is 0 Å². The Morgan fingerprint density at radius 3 is 2.58 bits per heavy atom. The number of halogens is 3. The van der Waals surface area contributed by atoms with Crippen molar-refractivity contribution in [1.29, 1.82) is 0 Å². The normalized spacial score (nSPS) is 10.1. The summed E-state index contributed by atoms with van der Waals surface area (Å²) < 4.78 is 26.3. The molecule has 0 radical (unpaired) electrons. The summed E-state index contributed by atoms with van der Waals surface area (Å²) in [6, 6.07) is 0.963. The lowest BCUT2D eigenvalue weighted by molar-refractivity contribution is -0.137. The number of urea groups is 1. The Kier molecular flexibility index (Phi) is 5.68. The summed E-state index contributed by atoms with van der Waals surface area (Å²) in [6.07, 6.45) is 0.185. The molecule has 0 atom stereocenters. The first-order valence-electron chi connectivity index (χ1n) is 5.31. The fourth-order valence-electron chi connectivity index (χ4n) is 1.26. The highest BCUT2D eigenvalue weighted by Gasteiger charge is 2.12. The first-order valence-corrected chi connectivity index (χ1v) is 6.10. The van der Waals surface area contributed by atoms with E-state index in [0.29, 0.717) is 6.07 Å². The van der Waals surface area contributed by atoms with Crippen molar-refractivity contribution in [2.45, 2.75) is 12.8 Å². The van der Waals surface area contributed by atoms with Gasteiger partial charge in [0.25, 0.3) is 0 Å². The molecule has 0 fully saturated rings. The van der Waals surface area contributed by atoms with Gasteiger partial charge in [-0.3, -0.25) is 4.79 Å². The van der Waals surface area contributed by atoms with Gasteiger partial charge in [-0.1, -0.05) is 0 Å². The summed E-state index contributed by atoms with van der Waals surface area (Å²) >= 11 is 2.93. The van der Waals surface area contributed by atoms with E-state index in [4.69, 9.17) is 5.11 Å². The van der Waals surface area contributed by atoms with Gasteiger partial charge in [-0.05, 0) is 28.4 Å². The minimum Gasteiger partial charge on any atom is -0.481 e. The van der Waals surface area contributed by atoms with E-state index in [1.54, 1.807) is 0 Å². The van der Waals surface area contributed by atoms with Crippen molar-refractivity contribution in [2.75, 3.05) is 11.9 Å². The summed E-state index contributed by atoms with van der Waals surface area (Å²) in [4.78, 5) is 21.6. The number of aliphatic carboxylic acids is 1. The number of hydrogen-bond donors (Lipinski definition) is 3. The molecule has 0 aliphatic rings. The molecule has 0 saturated heterocycles. The molecular weight excluding hydrogens is 326 g/mol. The number of anilines is 1. The van der Waals surface area contributed by atoms with E-state index in [9.17, 15) is 18.4 Å². The fraction of sp³-hybridized carbons (Fsp3) is 0.273. The number of hydrogen-bond acceptors (Lipinski definition) is 2. The second-order valence-electron chi connectivity index (χ2n) is 3.62. The molecule has 104 valence electrons. The SMILES string of the molecule is O=C(O)CCCNC(=O)Nc1c(F)cc(F)cc1Br. The van der Waals surface area contributed by atoms with Crippen LogP contribution in [-0.2, 0) is 4.79 Å². The second-order valence-corrected chi connectivity index (χ2v) is 4.48. The maximum absolute atomic E-state index is 13.4. The molecule has 0 bridgehead atoms. The van der Waals surface area contributed by atoms with E-state index in [2.05, 4.69) is 26.6 Å². The Labute approximate surface area is 116 Å². The molecule has 0 unspecified atom stereocenters. The van der Waals surface area contributed by atoms with Gasteiger partial charge in [0, 0.05) is 23.5 Å². The van der Waals surface area contributed by atoms with E-state index in [0.717, 1.165) is 6.07 Å². The quantitative estimate of drug-likeness (QED) is 0.723. The molecule has 5 nitrogen and oxygen atoms in total. The molecule has 0 spiro atoms. The van der Waals surface area contributed by atoms with Crippen molar-refractivity contribution in [1.82, 2.24) is 5.32 Å². The highest BCUT2D eigenvalue weighted by molar-refractivity contribution is 9.10. The summed E-state index contributed by atoms with van der Waals surface area (Å²) in [5, 5.41) is 13.0. The van der Waals surface area contributed by atoms with Crippen LogP contribution < -0.4 is 10.6 Å². The van der Waals surface area contributed by atoms with Crippen molar-refractivity contribution < 1.29 is 23.5 Å². The van der Waals surface area contributed by atoms with Crippen LogP contribution in [0.2, 0.25) is 0 Å². The van der Waals surface area contributed by atoms with Crippen LogP contribution in [0.1, 0.15) is 12.8 Å². The summed E-state index contributed by atoms with van der Waals surface area (Å²) in [5.41, 5.74) is -0.183. The maximum atomic E-state index is 13.4. The van der Waals surface area contributed by atoms with E-state index in [-0.39, 0.29) is 29.5 Å². The van der Waals surface area contributed by atoms with Crippen molar-refractivity contribution in [2.24, 2.45) is 0 Å². The summed E-state index contributed by atoms with van der Waals surface area (Å²) in [6.45, 7) is 0.137. The molecule has 3 N–H and O–H groups in total. The largest absolute Gasteiger partial charge is 0.481 e. The van der Waals surface area contributed by atoms with Crippen molar-refractivity contribution in [3.8, 4) is 0 Å². The third-order valence-electron chi connectivity index (χ3n) is 2.10. The lowest BCUT2D eigenvalue weighted by atomic mass is 10.3. The third kappa shape index (κ3) is 5.21. The van der Waals surface area contributed by atoms with Crippen LogP contribution >= 0.6 is 15.9 Å². The number of carbonyl (C=O) groups excluding carboxylic acids is 1. The van der Waals surface area contributed by atoms with E-state index >= 15 is 0 Å². The van der Waals surface area contributed by atoms with Gasteiger partial charge in [0.05, 0.1) is 5.69 Å². The zero-order valence-corrected chi connectivity index (χ0v) is 11.3.